The summed E-state index contributed by atoms with van der Waals surface area (Å²) in [6.45, 7) is 5.10. The second-order valence-electron chi connectivity index (χ2n) is 8.40. The first-order valence-electron chi connectivity index (χ1n) is 11.8. The zero-order valence-electron chi connectivity index (χ0n) is 19.9. The fraction of sp³-hybridized carbons (Fsp3) is 0.214. The lowest BCUT2D eigenvalue weighted by atomic mass is 9.95. The molecule has 1 unspecified atom stereocenters. The van der Waals surface area contributed by atoms with Crippen LogP contribution in [0.3, 0.4) is 0 Å². The lowest BCUT2D eigenvalue weighted by Crippen LogP contribution is -2.29. The quantitative estimate of drug-likeness (QED) is 0.300. The molecule has 0 bridgehead atoms. The van der Waals surface area contributed by atoms with E-state index in [1.165, 1.54) is 12.1 Å². The minimum absolute atomic E-state index is 0.182. The van der Waals surface area contributed by atoms with Gasteiger partial charge in [0.1, 0.15) is 11.5 Å². The summed E-state index contributed by atoms with van der Waals surface area (Å²) in [5.41, 5.74) is 4.39. The molecular formula is C28H25ClFN3O3. The third-order valence-electron chi connectivity index (χ3n) is 6.13. The van der Waals surface area contributed by atoms with Crippen molar-refractivity contribution >= 4 is 17.5 Å². The highest BCUT2D eigenvalue weighted by Crippen LogP contribution is 2.45. The average Bonchev–Trinajstić information content (AvgIpc) is 3.42. The Morgan fingerprint density at radius 3 is 2.36 bits per heavy atom. The van der Waals surface area contributed by atoms with Gasteiger partial charge in [-0.1, -0.05) is 41.9 Å². The van der Waals surface area contributed by atoms with Crippen LogP contribution in [0, 0.1) is 5.82 Å². The first-order chi connectivity index (χ1) is 17.5. The van der Waals surface area contributed by atoms with Crippen molar-refractivity contribution in [2.75, 3.05) is 13.2 Å². The molecule has 36 heavy (non-hydrogen) atoms. The third kappa shape index (κ3) is 4.42. The molecule has 5 rings (SSSR count). The van der Waals surface area contributed by atoms with Gasteiger partial charge in [0.15, 0.2) is 11.5 Å². The third-order valence-corrected chi connectivity index (χ3v) is 6.38. The summed E-state index contributed by atoms with van der Waals surface area (Å²) < 4.78 is 25.2. The van der Waals surface area contributed by atoms with E-state index in [2.05, 4.69) is 10.2 Å². The van der Waals surface area contributed by atoms with Crippen LogP contribution in [0.2, 0.25) is 5.02 Å². The van der Waals surface area contributed by atoms with Gasteiger partial charge in [-0.2, -0.15) is 5.10 Å². The highest BCUT2D eigenvalue weighted by molar-refractivity contribution is 6.30. The summed E-state index contributed by atoms with van der Waals surface area (Å²) in [4.78, 5) is 15.4. The van der Waals surface area contributed by atoms with Crippen molar-refractivity contribution < 1.29 is 18.7 Å². The van der Waals surface area contributed by atoms with Gasteiger partial charge in [0.25, 0.3) is 5.91 Å². The number of hydrogen-bond donors (Lipinski definition) is 1. The second kappa shape index (κ2) is 10.0. The van der Waals surface area contributed by atoms with Crippen LogP contribution in [0.25, 0.3) is 11.3 Å². The highest BCUT2D eigenvalue weighted by Gasteiger charge is 2.42. The number of H-pyrrole nitrogens is 1. The van der Waals surface area contributed by atoms with E-state index in [9.17, 15) is 9.18 Å². The van der Waals surface area contributed by atoms with Crippen molar-refractivity contribution in [1.82, 2.24) is 15.1 Å². The van der Waals surface area contributed by atoms with Gasteiger partial charge >= 0.3 is 0 Å². The molecule has 184 valence electrons. The fourth-order valence-electron chi connectivity index (χ4n) is 4.56. The molecule has 0 saturated carbocycles. The molecule has 6 nitrogen and oxygen atoms in total. The smallest absolute Gasteiger partial charge is 0.273 e. The molecule has 0 fully saturated rings. The van der Waals surface area contributed by atoms with Crippen molar-refractivity contribution in [3.8, 4) is 22.8 Å². The molecule has 2 heterocycles. The largest absolute Gasteiger partial charge is 0.490 e. The molecule has 0 spiro atoms. The van der Waals surface area contributed by atoms with E-state index in [0.29, 0.717) is 47.7 Å². The summed E-state index contributed by atoms with van der Waals surface area (Å²) >= 11 is 6.11. The number of aromatic amines is 1. The van der Waals surface area contributed by atoms with Crippen molar-refractivity contribution in [3.05, 3.63) is 100.0 Å². The zero-order valence-corrected chi connectivity index (χ0v) is 20.7. The molecule has 3 aromatic carbocycles. The van der Waals surface area contributed by atoms with Crippen LogP contribution in [-0.2, 0) is 6.54 Å². The molecule has 1 aliphatic heterocycles. The lowest BCUT2D eigenvalue weighted by molar-refractivity contribution is 0.0729. The van der Waals surface area contributed by atoms with Gasteiger partial charge in [-0.25, -0.2) is 4.39 Å². The number of aromatic nitrogens is 2. The van der Waals surface area contributed by atoms with Crippen LogP contribution >= 0.6 is 11.6 Å². The maximum atomic E-state index is 13.6. The Labute approximate surface area is 213 Å². The van der Waals surface area contributed by atoms with E-state index < -0.39 is 6.04 Å². The molecule has 1 amide bonds. The van der Waals surface area contributed by atoms with Gasteiger partial charge in [-0.15, -0.1) is 0 Å². The number of benzene rings is 3. The number of nitrogens with zero attached hydrogens (tertiary/aromatic N) is 2. The van der Waals surface area contributed by atoms with E-state index in [1.807, 2.05) is 44.2 Å². The highest BCUT2D eigenvalue weighted by atomic mass is 35.5. The van der Waals surface area contributed by atoms with Crippen molar-refractivity contribution in [3.63, 3.8) is 0 Å². The SMILES string of the molecule is CCOc1ccc(C2c3c(-c4ccc(Cl)cc4)n[nH]c3C(=O)N2Cc2ccc(F)cc2)cc1OCC. The van der Waals surface area contributed by atoms with Crippen LogP contribution in [0.1, 0.15) is 47.1 Å². The molecule has 1 aromatic heterocycles. The topological polar surface area (TPSA) is 67.5 Å². The zero-order chi connectivity index (χ0) is 25.2. The summed E-state index contributed by atoms with van der Waals surface area (Å²) in [5.74, 6) is 0.744. The summed E-state index contributed by atoms with van der Waals surface area (Å²) in [5, 5.41) is 8.07. The number of amides is 1. The van der Waals surface area contributed by atoms with E-state index >= 15 is 0 Å². The van der Waals surface area contributed by atoms with E-state index in [0.717, 1.165) is 22.3 Å². The predicted molar refractivity (Wildman–Crippen MR) is 136 cm³/mol. The molecule has 0 aliphatic carbocycles. The Bertz CT molecular complexity index is 1390. The fourth-order valence-corrected chi connectivity index (χ4v) is 4.68. The maximum Gasteiger partial charge on any atom is 0.273 e. The van der Waals surface area contributed by atoms with Crippen LogP contribution in [0.4, 0.5) is 4.39 Å². The Balaban J connectivity index is 1.64. The van der Waals surface area contributed by atoms with Gasteiger partial charge in [-0.3, -0.25) is 9.89 Å². The molecule has 0 saturated heterocycles. The molecule has 0 radical (unpaired) electrons. The normalized spacial score (nSPS) is 14.7. The van der Waals surface area contributed by atoms with Gasteiger partial charge in [-0.05, 0) is 61.4 Å². The monoisotopic (exact) mass is 505 g/mol. The van der Waals surface area contributed by atoms with Crippen LogP contribution in [-0.4, -0.2) is 34.2 Å². The Kier molecular flexibility index (Phi) is 6.65. The second-order valence-corrected chi connectivity index (χ2v) is 8.84. The van der Waals surface area contributed by atoms with Gasteiger partial charge in [0, 0.05) is 22.7 Å². The van der Waals surface area contributed by atoms with Gasteiger partial charge in [0.2, 0.25) is 0 Å². The standard InChI is InChI=1S/C28H25ClFN3O3/c1-3-35-22-14-9-19(15-23(22)36-4-2)27-24-25(18-7-10-20(29)11-8-18)31-32-26(24)28(34)33(27)16-17-5-12-21(30)13-6-17/h5-15,27H,3-4,16H2,1-2H3,(H,31,32). The summed E-state index contributed by atoms with van der Waals surface area (Å²) in [6, 6.07) is 18.8. The van der Waals surface area contributed by atoms with Crippen LogP contribution in [0.15, 0.2) is 66.7 Å². The van der Waals surface area contributed by atoms with Crippen molar-refractivity contribution in [2.45, 2.75) is 26.4 Å². The summed E-state index contributed by atoms with van der Waals surface area (Å²) in [6.07, 6.45) is 0. The number of ether oxygens (including phenoxy) is 2. The number of fused-ring (bicyclic) bond motifs is 1. The molecule has 4 aromatic rings. The number of halogens is 2. The van der Waals surface area contributed by atoms with Crippen LogP contribution < -0.4 is 9.47 Å². The first-order valence-corrected chi connectivity index (χ1v) is 12.2. The molecular weight excluding hydrogens is 481 g/mol. The number of hydrogen-bond acceptors (Lipinski definition) is 4. The predicted octanol–water partition coefficient (Wildman–Crippen LogP) is 6.41. The first kappa shape index (κ1) is 23.9. The molecule has 1 N–H and O–H groups in total. The Hall–Kier alpha value is -3.84. The Morgan fingerprint density at radius 1 is 0.972 bits per heavy atom. The number of carbonyl (C=O) groups is 1. The number of carbonyl (C=O) groups excluding carboxylic acids is 1. The van der Waals surface area contributed by atoms with Crippen molar-refractivity contribution in [2.24, 2.45) is 0 Å². The minimum atomic E-state index is -0.447. The molecule has 1 atom stereocenters. The molecule has 8 heteroatoms. The lowest BCUT2D eigenvalue weighted by Gasteiger charge is -2.27. The summed E-state index contributed by atoms with van der Waals surface area (Å²) in [7, 11) is 0. The van der Waals surface area contributed by atoms with E-state index in [4.69, 9.17) is 21.1 Å². The van der Waals surface area contributed by atoms with E-state index in [1.54, 1.807) is 29.2 Å². The maximum absolute atomic E-state index is 13.6. The Morgan fingerprint density at radius 2 is 1.67 bits per heavy atom. The van der Waals surface area contributed by atoms with E-state index in [-0.39, 0.29) is 11.7 Å². The van der Waals surface area contributed by atoms with Gasteiger partial charge in [0.05, 0.1) is 24.9 Å². The minimum Gasteiger partial charge on any atom is -0.490 e. The van der Waals surface area contributed by atoms with Crippen LogP contribution in [0.5, 0.6) is 11.5 Å². The molecule has 1 aliphatic rings. The van der Waals surface area contributed by atoms with Gasteiger partial charge < -0.3 is 14.4 Å². The van der Waals surface area contributed by atoms with Crippen molar-refractivity contribution in [1.29, 1.82) is 0 Å². The number of nitrogens with one attached hydrogen (secondary N) is 1. The average molecular weight is 506 g/mol. The number of rotatable bonds is 8.